The molecular weight excluding hydrogens is 793 g/mol. The van der Waals surface area contributed by atoms with Crippen molar-refractivity contribution in [2.45, 2.75) is 234 Å². The fourth-order valence-electron chi connectivity index (χ4n) is 16.0. The van der Waals surface area contributed by atoms with Gasteiger partial charge in [0.2, 0.25) is 0 Å². The van der Waals surface area contributed by atoms with Crippen LogP contribution in [0.1, 0.15) is 186 Å². The third-order valence-electron chi connectivity index (χ3n) is 22.0. The van der Waals surface area contributed by atoms with Gasteiger partial charge in [0, 0.05) is 24.7 Å². The van der Waals surface area contributed by atoms with Gasteiger partial charge in [-0.05, 0) is 214 Å². The van der Waals surface area contributed by atoms with Gasteiger partial charge < -0.3 is 18.8 Å². The minimum absolute atomic E-state index is 0.209. The number of allylic oxidation sites excluding steroid dienone is 4. The minimum atomic E-state index is -1.68. The fourth-order valence-corrected chi connectivity index (χ4v) is 18.7. The second kappa shape index (κ2) is 17.2. The molecule has 1 N–H and O–H groups in total. The average molecular weight is 892 g/mol. The number of carbonyl (C=O) groups is 1. The molecule has 8 saturated carbocycles. The highest BCUT2D eigenvalue weighted by molar-refractivity contribution is 6.74. The third kappa shape index (κ3) is 8.86. The van der Waals surface area contributed by atoms with Crippen molar-refractivity contribution in [2.24, 2.45) is 80.8 Å². The van der Waals surface area contributed by atoms with Crippen molar-refractivity contribution in [1.82, 2.24) is 0 Å². The second-order valence-corrected chi connectivity index (χ2v) is 37.1. The lowest BCUT2D eigenvalue weighted by atomic mass is 9.61. The van der Waals surface area contributed by atoms with Crippen molar-refractivity contribution < 1.29 is 18.8 Å². The van der Waals surface area contributed by atoms with E-state index < -0.39 is 16.6 Å². The number of aliphatic hydroxyl groups is 1. The van der Waals surface area contributed by atoms with Crippen LogP contribution in [-0.2, 0) is 13.6 Å². The molecule has 8 fully saturated rings. The fraction of sp³-hybridized carbons (Fsp3) is 0.911. The number of fused-ring (bicyclic) bond motifs is 4. The van der Waals surface area contributed by atoms with E-state index >= 15 is 0 Å². The molecule has 0 amide bonds. The maximum Gasteiger partial charge on any atom is 0.192 e. The Balaban J connectivity index is 0.000000186. The number of carbonyl (C=O) groups excluding carboxylic acids is 1. The quantitative estimate of drug-likeness (QED) is 0.120. The van der Waals surface area contributed by atoms with Gasteiger partial charge in [-0.2, -0.15) is 0 Å². The molecule has 0 aromatic heterocycles. The molecular formula is C56H98O4Si2. The van der Waals surface area contributed by atoms with Crippen LogP contribution in [-0.4, -0.2) is 46.8 Å². The van der Waals surface area contributed by atoms with Crippen LogP contribution in [0.2, 0.25) is 36.3 Å². The van der Waals surface area contributed by atoms with Crippen molar-refractivity contribution in [2.75, 3.05) is 6.61 Å². The van der Waals surface area contributed by atoms with E-state index in [4.69, 9.17) is 8.85 Å². The van der Waals surface area contributed by atoms with E-state index in [1.807, 2.05) is 0 Å². The minimum Gasteiger partial charge on any atom is -0.414 e. The smallest absolute Gasteiger partial charge is 0.192 e. The van der Waals surface area contributed by atoms with Crippen LogP contribution in [0, 0.1) is 80.8 Å². The summed E-state index contributed by atoms with van der Waals surface area (Å²) < 4.78 is 13.7. The largest absolute Gasteiger partial charge is 0.414 e. The monoisotopic (exact) mass is 891 g/mol. The molecule has 6 heteroatoms. The van der Waals surface area contributed by atoms with Gasteiger partial charge in [-0.25, -0.2) is 0 Å². The Hall–Kier alpha value is -0.536. The molecule has 0 radical (unpaired) electrons. The van der Waals surface area contributed by atoms with E-state index in [9.17, 15) is 9.90 Å². The molecule has 2 unspecified atom stereocenters. The summed E-state index contributed by atoms with van der Waals surface area (Å²) in [5, 5.41) is 10.4. The second-order valence-electron chi connectivity index (χ2n) is 27.6. The molecule has 16 atom stereocenters. The lowest BCUT2D eigenvalue weighted by Gasteiger charge is -2.44. The molecule has 62 heavy (non-hydrogen) atoms. The van der Waals surface area contributed by atoms with Crippen molar-refractivity contribution >= 4 is 22.9 Å². The maximum atomic E-state index is 11.6. The zero-order valence-corrected chi connectivity index (χ0v) is 45.4. The summed E-state index contributed by atoms with van der Waals surface area (Å²) in [4.78, 5) is 11.6. The summed E-state index contributed by atoms with van der Waals surface area (Å²) in [7, 11) is -3.36. The van der Waals surface area contributed by atoms with E-state index in [0.717, 1.165) is 17.8 Å². The SMILES string of the molecule is C[C@H](C=O)[C@H]1CC[C@H]2/C(=C/[C@@H](C)[C@]34CC3C[C@H](O[Si](C)(C)C(C)(C)C)C4)CCC[C@]12C.C[C@H](CO)[C@H]1CC[C@H]2/C(=C/[C@@H](C)[C@]34CC3C[C@H](O[Si](C)(C)C(C)(C)C)C4)CCC[C@]12C. The molecule has 8 aliphatic carbocycles. The van der Waals surface area contributed by atoms with Crippen LogP contribution in [0.4, 0.5) is 0 Å². The molecule has 0 saturated heterocycles. The molecule has 0 spiro atoms. The third-order valence-corrected chi connectivity index (χ3v) is 31.1. The van der Waals surface area contributed by atoms with Gasteiger partial charge in [0.1, 0.15) is 6.29 Å². The van der Waals surface area contributed by atoms with Crippen molar-refractivity contribution in [3.63, 3.8) is 0 Å². The van der Waals surface area contributed by atoms with Crippen LogP contribution in [0.15, 0.2) is 23.3 Å². The van der Waals surface area contributed by atoms with Crippen molar-refractivity contribution in [3.05, 3.63) is 23.3 Å². The number of aliphatic hydroxyl groups excluding tert-OH is 1. The Morgan fingerprint density at radius 3 is 1.45 bits per heavy atom. The molecule has 0 aliphatic heterocycles. The van der Waals surface area contributed by atoms with Gasteiger partial charge in [0.15, 0.2) is 16.6 Å². The maximum absolute atomic E-state index is 11.6. The van der Waals surface area contributed by atoms with Crippen molar-refractivity contribution in [3.8, 4) is 0 Å². The van der Waals surface area contributed by atoms with E-state index in [0.29, 0.717) is 86.1 Å². The highest BCUT2D eigenvalue weighted by atomic mass is 28.4. The van der Waals surface area contributed by atoms with E-state index in [2.05, 4.69) is 121 Å². The van der Waals surface area contributed by atoms with Gasteiger partial charge in [0.25, 0.3) is 0 Å². The Bertz CT molecular complexity index is 1680. The Labute approximate surface area is 385 Å². The predicted octanol–water partition coefficient (Wildman–Crippen LogP) is 15.4. The lowest BCUT2D eigenvalue weighted by molar-refractivity contribution is -0.113. The molecule has 4 nitrogen and oxygen atoms in total. The topological polar surface area (TPSA) is 55.8 Å². The summed E-state index contributed by atoms with van der Waals surface area (Å²) in [6, 6.07) is 0. The number of aldehydes is 1. The highest BCUT2D eigenvalue weighted by Crippen LogP contribution is 2.71. The Morgan fingerprint density at radius 1 is 0.661 bits per heavy atom. The first-order valence-corrected chi connectivity index (χ1v) is 32.3. The van der Waals surface area contributed by atoms with E-state index in [1.54, 1.807) is 11.1 Å². The van der Waals surface area contributed by atoms with Gasteiger partial charge in [-0.3, -0.25) is 0 Å². The first-order chi connectivity index (χ1) is 28.7. The van der Waals surface area contributed by atoms with Gasteiger partial charge >= 0.3 is 0 Å². The zero-order chi connectivity index (χ0) is 45.6. The summed E-state index contributed by atoms with van der Waals surface area (Å²) in [5.74, 6) is 6.55. The molecule has 8 rings (SSSR count). The molecule has 8 aliphatic rings. The Kier molecular flexibility index (Phi) is 13.7. The summed E-state index contributed by atoms with van der Waals surface area (Å²) in [6.07, 6.45) is 28.8. The summed E-state index contributed by atoms with van der Waals surface area (Å²) >= 11 is 0. The van der Waals surface area contributed by atoms with Gasteiger partial charge in [-0.1, -0.05) is 106 Å². The van der Waals surface area contributed by atoms with Crippen molar-refractivity contribution in [1.29, 1.82) is 0 Å². The molecule has 0 bridgehead atoms. The molecule has 0 heterocycles. The van der Waals surface area contributed by atoms with Crippen LogP contribution in [0.25, 0.3) is 0 Å². The highest BCUT2D eigenvalue weighted by Gasteiger charge is 2.65. The summed E-state index contributed by atoms with van der Waals surface area (Å²) in [6.45, 7) is 38.7. The van der Waals surface area contributed by atoms with Crippen LogP contribution >= 0.6 is 0 Å². The molecule has 0 aromatic rings. The van der Waals surface area contributed by atoms with Gasteiger partial charge in [0.05, 0.1) is 0 Å². The first-order valence-electron chi connectivity index (χ1n) is 26.5. The standard InChI is InChI=1S/C28H50O2Si.C28H48O2Si/c2*1-19(18-29)24-11-12-25-21(10-9-13-27(24,25)6)14-20(2)28-16-22(28)15-23(17-28)30-31(7,8)26(3,4)5/h14,19-20,22-25,29H,9-13,15-18H2,1-8H3;14,18-20,22-25H,9-13,15-17H2,1-8H3/b2*21-14+/t2*19-,20-,22?,23+,24-,25+,27-,28-/m11/s1. The molecule has 354 valence electrons. The number of hydrogen-bond donors (Lipinski definition) is 1. The average Bonchev–Trinajstić information content (AvgIpc) is 3.75. The first kappa shape index (κ1) is 49.4. The lowest BCUT2D eigenvalue weighted by Crippen LogP contribution is -2.43. The van der Waals surface area contributed by atoms with Crippen LogP contribution in [0.5, 0.6) is 0 Å². The molecule has 0 aromatic carbocycles. The van der Waals surface area contributed by atoms with Gasteiger partial charge in [-0.15, -0.1) is 0 Å². The predicted molar refractivity (Wildman–Crippen MR) is 266 cm³/mol. The Morgan fingerprint density at radius 2 is 1.06 bits per heavy atom. The number of rotatable bonds is 12. The zero-order valence-electron chi connectivity index (χ0n) is 43.4. The van der Waals surface area contributed by atoms with Crippen LogP contribution in [0.3, 0.4) is 0 Å². The normalized spacial score (nSPS) is 43.5. The van der Waals surface area contributed by atoms with E-state index in [1.165, 1.54) is 109 Å². The summed E-state index contributed by atoms with van der Waals surface area (Å²) in [5.41, 5.74) is 5.33. The van der Waals surface area contributed by atoms with Crippen LogP contribution < -0.4 is 0 Å². The van der Waals surface area contributed by atoms with E-state index in [-0.39, 0.29) is 5.92 Å². The number of hydrogen-bond acceptors (Lipinski definition) is 4.